The Morgan fingerprint density at radius 3 is 2.65 bits per heavy atom. The molecule has 0 saturated carbocycles. The van der Waals surface area contributed by atoms with Crippen LogP contribution in [0.15, 0.2) is 36.5 Å². The Kier molecular flexibility index (Phi) is 6.16. The Hall–Kier alpha value is -2.66. The Morgan fingerprint density at radius 1 is 1.15 bits per heavy atom. The first-order valence-electron chi connectivity index (χ1n) is 8.28. The third-order valence-electron chi connectivity index (χ3n) is 4.23. The fourth-order valence-electron chi connectivity index (χ4n) is 2.69. The van der Waals surface area contributed by atoms with Crippen molar-refractivity contribution in [3.8, 4) is 0 Å². The SMILES string of the molecule is CCOC(=O)c1cnc2nc(C)ccc2c1Nc1cccc(C)c1C.Cl. The van der Waals surface area contributed by atoms with Crippen LogP contribution in [-0.2, 0) is 4.74 Å². The largest absolute Gasteiger partial charge is 0.462 e. The van der Waals surface area contributed by atoms with Crippen LogP contribution < -0.4 is 5.32 Å². The second kappa shape index (κ2) is 8.15. The number of benzene rings is 1. The minimum absolute atomic E-state index is 0. The molecule has 3 aromatic rings. The van der Waals surface area contributed by atoms with Crippen molar-refractivity contribution in [1.29, 1.82) is 0 Å². The van der Waals surface area contributed by atoms with Gasteiger partial charge >= 0.3 is 5.97 Å². The number of ether oxygens (including phenoxy) is 1. The van der Waals surface area contributed by atoms with E-state index < -0.39 is 5.97 Å². The van der Waals surface area contributed by atoms with E-state index in [0.717, 1.165) is 22.3 Å². The number of hydrogen-bond donors (Lipinski definition) is 1. The van der Waals surface area contributed by atoms with Gasteiger partial charge in [-0.05, 0) is 57.0 Å². The molecule has 3 rings (SSSR count). The van der Waals surface area contributed by atoms with E-state index in [9.17, 15) is 4.79 Å². The second-order valence-corrected chi connectivity index (χ2v) is 5.96. The number of halogens is 1. The lowest BCUT2D eigenvalue weighted by molar-refractivity contribution is 0.0527. The normalized spacial score (nSPS) is 10.3. The van der Waals surface area contributed by atoms with Crippen molar-refractivity contribution in [2.45, 2.75) is 27.7 Å². The number of esters is 1. The quantitative estimate of drug-likeness (QED) is 0.661. The summed E-state index contributed by atoms with van der Waals surface area (Å²) in [5.41, 5.74) is 5.80. The van der Waals surface area contributed by atoms with E-state index in [2.05, 4.69) is 28.3 Å². The van der Waals surface area contributed by atoms with Gasteiger partial charge in [0.15, 0.2) is 5.65 Å². The van der Waals surface area contributed by atoms with E-state index in [1.807, 2.05) is 38.1 Å². The van der Waals surface area contributed by atoms with Crippen LogP contribution >= 0.6 is 12.4 Å². The number of nitrogens with zero attached hydrogens (tertiary/aromatic N) is 2. The lowest BCUT2D eigenvalue weighted by atomic mass is 10.1. The number of fused-ring (bicyclic) bond motifs is 1. The van der Waals surface area contributed by atoms with E-state index in [4.69, 9.17) is 4.74 Å². The highest BCUT2D eigenvalue weighted by molar-refractivity contribution is 6.05. The summed E-state index contributed by atoms with van der Waals surface area (Å²) in [6, 6.07) is 9.88. The number of rotatable bonds is 4. The van der Waals surface area contributed by atoms with Crippen LogP contribution in [0.5, 0.6) is 0 Å². The molecule has 5 nitrogen and oxygen atoms in total. The standard InChI is InChI=1S/C20H21N3O2.ClH/c1-5-25-20(24)16-11-21-19-15(10-9-13(3)22-19)18(16)23-17-8-6-7-12(2)14(17)4;/h6-11H,5H2,1-4H3,(H,21,22,23);1H. The molecule has 2 aromatic heterocycles. The molecule has 0 fully saturated rings. The summed E-state index contributed by atoms with van der Waals surface area (Å²) >= 11 is 0. The van der Waals surface area contributed by atoms with Crippen molar-refractivity contribution in [3.05, 3.63) is 58.9 Å². The second-order valence-electron chi connectivity index (χ2n) is 5.96. The highest BCUT2D eigenvalue weighted by atomic mass is 35.5. The van der Waals surface area contributed by atoms with Crippen LogP contribution in [0.4, 0.5) is 11.4 Å². The molecule has 0 atom stereocenters. The molecule has 0 bridgehead atoms. The van der Waals surface area contributed by atoms with Gasteiger partial charge in [-0.1, -0.05) is 12.1 Å². The zero-order chi connectivity index (χ0) is 18.0. The lowest BCUT2D eigenvalue weighted by Crippen LogP contribution is -2.10. The molecule has 0 unspecified atom stereocenters. The topological polar surface area (TPSA) is 64.1 Å². The number of carbonyl (C=O) groups excluding carboxylic acids is 1. The molecule has 0 aliphatic carbocycles. The van der Waals surface area contributed by atoms with Crippen molar-refractivity contribution < 1.29 is 9.53 Å². The van der Waals surface area contributed by atoms with Crippen LogP contribution in [-0.4, -0.2) is 22.5 Å². The van der Waals surface area contributed by atoms with E-state index in [0.29, 0.717) is 23.5 Å². The molecule has 0 radical (unpaired) electrons. The number of carbonyl (C=O) groups is 1. The molecular formula is C20H22ClN3O2. The van der Waals surface area contributed by atoms with E-state index in [-0.39, 0.29) is 12.4 Å². The van der Waals surface area contributed by atoms with Gasteiger partial charge in [0.2, 0.25) is 0 Å². The third kappa shape index (κ3) is 3.78. The number of pyridine rings is 2. The van der Waals surface area contributed by atoms with E-state index in [1.165, 1.54) is 11.8 Å². The minimum Gasteiger partial charge on any atom is -0.462 e. The Morgan fingerprint density at radius 2 is 1.92 bits per heavy atom. The van der Waals surface area contributed by atoms with Crippen LogP contribution in [0.1, 0.15) is 34.1 Å². The van der Waals surface area contributed by atoms with Gasteiger partial charge in [0.25, 0.3) is 0 Å². The maximum absolute atomic E-state index is 12.4. The fraction of sp³-hybridized carbons (Fsp3) is 0.250. The number of anilines is 2. The summed E-state index contributed by atoms with van der Waals surface area (Å²) in [5.74, 6) is -0.398. The number of hydrogen-bond acceptors (Lipinski definition) is 5. The maximum Gasteiger partial charge on any atom is 0.341 e. The van der Waals surface area contributed by atoms with Gasteiger partial charge in [0, 0.05) is 23.0 Å². The molecule has 26 heavy (non-hydrogen) atoms. The van der Waals surface area contributed by atoms with E-state index >= 15 is 0 Å². The van der Waals surface area contributed by atoms with E-state index in [1.54, 1.807) is 6.92 Å². The summed E-state index contributed by atoms with van der Waals surface area (Å²) < 4.78 is 5.19. The Bertz CT molecular complexity index is 957. The average molecular weight is 372 g/mol. The monoisotopic (exact) mass is 371 g/mol. The number of aromatic nitrogens is 2. The smallest absolute Gasteiger partial charge is 0.341 e. The van der Waals surface area contributed by atoms with Gasteiger partial charge in [-0.3, -0.25) is 0 Å². The third-order valence-corrected chi connectivity index (χ3v) is 4.23. The molecule has 0 aliphatic heterocycles. The summed E-state index contributed by atoms with van der Waals surface area (Å²) in [6.45, 7) is 8.12. The minimum atomic E-state index is -0.398. The van der Waals surface area contributed by atoms with Crippen molar-refractivity contribution in [2.75, 3.05) is 11.9 Å². The van der Waals surface area contributed by atoms with Gasteiger partial charge in [-0.25, -0.2) is 14.8 Å². The number of nitrogens with one attached hydrogen (secondary N) is 1. The van der Waals surface area contributed by atoms with Crippen LogP contribution in [0.3, 0.4) is 0 Å². The van der Waals surface area contributed by atoms with Crippen molar-refractivity contribution in [2.24, 2.45) is 0 Å². The molecule has 0 saturated heterocycles. The van der Waals surface area contributed by atoms with Crippen LogP contribution in [0, 0.1) is 20.8 Å². The molecule has 0 spiro atoms. The predicted octanol–water partition coefficient (Wildman–Crippen LogP) is 4.90. The van der Waals surface area contributed by atoms with Crippen molar-refractivity contribution in [1.82, 2.24) is 9.97 Å². The summed E-state index contributed by atoms with van der Waals surface area (Å²) in [7, 11) is 0. The fourth-order valence-corrected chi connectivity index (χ4v) is 2.69. The average Bonchev–Trinajstić information content (AvgIpc) is 2.59. The van der Waals surface area contributed by atoms with Gasteiger partial charge in [0.1, 0.15) is 5.56 Å². The highest BCUT2D eigenvalue weighted by Gasteiger charge is 2.18. The molecule has 2 heterocycles. The van der Waals surface area contributed by atoms with Gasteiger partial charge < -0.3 is 10.1 Å². The van der Waals surface area contributed by atoms with Crippen LogP contribution in [0.25, 0.3) is 11.0 Å². The van der Waals surface area contributed by atoms with Crippen LogP contribution in [0.2, 0.25) is 0 Å². The zero-order valence-corrected chi connectivity index (χ0v) is 16.1. The molecule has 0 amide bonds. The molecule has 6 heteroatoms. The van der Waals surface area contributed by atoms with Crippen molar-refractivity contribution in [3.63, 3.8) is 0 Å². The summed E-state index contributed by atoms with van der Waals surface area (Å²) in [5, 5.41) is 4.19. The first-order valence-corrected chi connectivity index (χ1v) is 8.28. The predicted molar refractivity (Wildman–Crippen MR) is 107 cm³/mol. The first-order chi connectivity index (χ1) is 12.0. The molecule has 1 aromatic carbocycles. The Balaban J connectivity index is 0.00000243. The number of aryl methyl sites for hydroxylation is 2. The molecular weight excluding hydrogens is 350 g/mol. The highest BCUT2D eigenvalue weighted by Crippen LogP contribution is 2.31. The van der Waals surface area contributed by atoms with Gasteiger partial charge in [-0.15, -0.1) is 12.4 Å². The molecule has 1 N–H and O–H groups in total. The van der Waals surface area contributed by atoms with Gasteiger partial charge in [-0.2, -0.15) is 0 Å². The molecule has 0 aliphatic rings. The van der Waals surface area contributed by atoms with Crippen molar-refractivity contribution >= 4 is 40.8 Å². The summed E-state index contributed by atoms with van der Waals surface area (Å²) in [4.78, 5) is 21.2. The Labute approximate surface area is 159 Å². The zero-order valence-electron chi connectivity index (χ0n) is 15.3. The first kappa shape index (κ1) is 19.7. The summed E-state index contributed by atoms with van der Waals surface area (Å²) in [6.07, 6.45) is 1.53. The van der Waals surface area contributed by atoms with Gasteiger partial charge in [0.05, 0.1) is 12.3 Å². The maximum atomic E-state index is 12.4. The molecule has 136 valence electrons. The lowest BCUT2D eigenvalue weighted by Gasteiger charge is -2.16.